The zero-order valence-corrected chi connectivity index (χ0v) is 14.0. The van der Waals surface area contributed by atoms with Gasteiger partial charge in [-0.1, -0.05) is 25.1 Å². The molecule has 4 heteroatoms. The summed E-state index contributed by atoms with van der Waals surface area (Å²) in [6.45, 7) is 8.07. The maximum absolute atomic E-state index is 13.0. The van der Waals surface area contributed by atoms with Crippen LogP contribution < -0.4 is 10.2 Å². The Labute approximate surface area is 132 Å². The predicted molar refractivity (Wildman–Crippen MR) is 88.8 cm³/mol. The van der Waals surface area contributed by atoms with Gasteiger partial charge in [0, 0.05) is 18.3 Å². The fourth-order valence-electron chi connectivity index (χ4n) is 2.69. The number of hydrogen-bond donors (Lipinski definition) is 1. The first kappa shape index (κ1) is 16.5. The summed E-state index contributed by atoms with van der Waals surface area (Å²) in [5.74, 6) is -0.324. The summed E-state index contributed by atoms with van der Waals surface area (Å²) in [5.41, 5.74) is 1.07. The van der Waals surface area contributed by atoms with Crippen molar-refractivity contribution in [1.29, 1.82) is 0 Å². The largest absolute Gasteiger partial charge is 0.353 e. The van der Waals surface area contributed by atoms with Crippen molar-refractivity contribution in [2.24, 2.45) is 5.41 Å². The number of hydrogen-bond acceptors (Lipinski definition) is 2. The third-order valence-electron chi connectivity index (χ3n) is 4.45. The molecule has 0 saturated carbocycles. The van der Waals surface area contributed by atoms with Crippen LogP contribution in [0, 0.1) is 5.41 Å². The average Bonchev–Trinajstić information content (AvgIpc) is 2.53. The van der Waals surface area contributed by atoms with Gasteiger partial charge in [0.1, 0.15) is 5.41 Å². The molecule has 120 valence electrons. The Morgan fingerprint density at radius 2 is 2.00 bits per heavy atom. The third kappa shape index (κ3) is 3.16. The molecule has 1 aromatic rings. The van der Waals surface area contributed by atoms with Crippen LogP contribution in [0.15, 0.2) is 24.3 Å². The first-order valence-corrected chi connectivity index (χ1v) is 8.08. The molecule has 0 bridgehead atoms. The number of anilines is 1. The van der Waals surface area contributed by atoms with E-state index in [0.29, 0.717) is 6.54 Å². The Morgan fingerprint density at radius 1 is 1.32 bits per heavy atom. The summed E-state index contributed by atoms with van der Waals surface area (Å²) in [6, 6.07) is 8.04. The van der Waals surface area contributed by atoms with Gasteiger partial charge in [-0.25, -0.2) is 0 Å². The zero-order valence-electron chi connectivity index (χ0n) is 14.0. The molecule has 1 heterocycles. The van der Waals surface area contributed by atoms with Gasteiger partial charge >= 0.3 is 0 Å². The number of amides is 2. The van der Waals surface area contributed by atoms with Gasteiger partial charge in [-0.3, -0.25) is 9.59 Å². The summed E-state index contributed by atoms with van der Waals surface area (Å²) in [6.07, 6.45) is 2.77. The van der Waals surface area contributed by atoms with Gasteiger partial charge in [0.15, 0.2) is 0 Å². The Kier molecular flexibility index (Phi) is 4.89. The van der Waals surface area contributed by atoms with Crippen molar-refractivity contribution in [3.63, 3.8) is 0 Å². The third-order valence-corrected chi connectivity index (χ3v) is 4.45. The van der Waals surface area contributed by atoms with Crippen LogP contribution in [-0.4, -0.2) is 24.4 Å². The van der Waals surface area contributed by atoms with Crippen molar-refractivity contribution in [1.82, 2.24) is 5.32 Å². The number of para-hydroxylation sites is 1. The van der Waals surface area contributed by atoms with E-state index in [1.807, 2.05) is 32.0 Å². The molecule has 2 rings (SSSR count). The SMILES string of the molecule is CCC(C)NC(=O)C(C)(C)C(=O)N1CCCc2ccccc21. The quantitative estimate of drug-likeness (QED) is 0.869. The lowest BCUT2D eigenvalue weighted by Gasteiger charge is -2.35. The van der Waals surface area contributed by atoms with Gasteiger partial charge in [-0.15, -0.1) is 0 Å². The van der Waals surface area contributed by atoms with Crippen LogP contribution >= 0.6 is 0 Å². The maximum atomic E-state index is 13.0. The normalized spacial score (nSPS) is 15.9. The highest BCUT2D eigenvalue weighted by molar-refractivity contribution is 6.11. The Morgan fingerprint density at radius 3 is 2.68 bits per heavy atom. The minimum absolute atomic E-state index is 0.0771. The summed E-state index contributed by atoms with van der Waals surface area (Å²) in [7, 11) is 0. The summed E-state index contributed by atoms with van der Waals surface area (Å²) >= 11 is 0. The van der Waals surface area contributed by atoms with Crippen LogP contribution in [0.3, 0.4) is 0 Å². The number of nitrogens with zero attached hydrogens (tertiary/aromatic N) is 1. The number of carbonyl (C=O) groups is 2. The molecular weight excluding hydrogens is 276 g/mol. The molecule has 22 heavy (non-hydrogen) atoms. The van der Waals surface area contributed by atoms with E-state index >= 15 is 0 Å². The first-order valence-electron chi connectivity index (χ1n) is 8.08. The summed E-state index contributed by atoms with van der Waals surface area (Å²) in [4.78, 5) is 27.2. The molecule has 4 nitrogen and oxygen atoms in total. The lowest BCUT2D eigenvalue weighted by atomic mass is 9.88. The summed E-state index contributed by atoms with van der Waals surface area (Å²) < 4.78 is 0. The van der Waals surface area contributed by atoms with Gasteiger partial charge in [0.2, 0.25) is 11.8 Å². The molecule has 1 aromatic carbocycles. The van der Waals surface area contributed by atoms with Crippen molar-refractivity contribution < 1.29 is 9.59 Å². The number of carbonyl (C=O) groups excluding carboxylic acids is 2. The number of fused-ring (bicyclic) bond motifs is 1. The molecule has 0 saturated heterocycles. The second-order valence-corrected chi connectivity index (χ2v) is 6.60. The number of benzene rings is 1. The van der Waals surface area contributed by atoms with Crippen molar-refractivity contribution in [3.8, 4) is 0 Å². The van der Waals surface area contributed by atoms with Gasteiger partial charge < -0.3 is 10.2 Å². The van der Waals surface area contributed by atoms with Crippen LogP contribution in [0.1, 0.15) is 46.1 Å². The van der Waals surface area contributed by atoms with E-state index in [9.17, 15) is 9.59 Å². The lowest BCUT2D eigenvalue weighted by molar-refractivity contribution is -0.140. The highest BCUT2D eigenvalue weighted by atomic mass is 16.2. The minimum atomic E-state index is -1.06. The van der Waals surface area contributed by atoms with E-state index in [4.69, 9.17) is 0 Å². The molecule has 0 aliphatic carbocycles. The highest BCUT2D eigenvalue weighted by Crippen LogP contribution is 2.31. The van der Waals surface area contributed by atoms with E-state index in [2.05, 4.69) is 11.4 Å². The van der Waals surface area contributed by atoms with E-state index in [-0.39, 0.29) is 17.9 Å². The first-order chi connectivity index (χ1) is 10.4. The molecule has 0 fully saturated rings. The van der Waals surface area contributed by atoms with Gasteiger partial charge in [0.25, 0.3) is 0 Å². The number of rotatable bonds is 4. The van der Waals surface area contributed by atoms with Crippen LogP contribution in [0.5, 0.6) is 0 Å². The van der Waals surface area contributed by atoms with Crippen LogP contribution in [0.4, 0.5) is 5.69 Å². The van der Waals surface area contributed by atoms with Crippen molar-refractivity contribution in [2.75, 3.05) is 11.4 Å². The smallest absolute Gasteiger partial charge is 0.242 e. The molecule has 1 N–H and O–H groups in total. The molecule has 0 radical (unpaired) electrons. The number of nitrogens with one attached hydrogen (secondary N) is 1. The number of aryl methyl sites for hydroxylation is 1. The van der Waals surface area contributed by atoms with Gasteiger partial charge in [-0.2, -0.15) is 0 Å². The molecule has 1 atom stereocenters. The second-order valence-electron chi connectivity index (χ2n) is 6.60. The Hall–Kier alpha value is -1.84. The van der Waals surface area contributed by atoms with Crippen LogP contribution in [0.25, 0.3) is 0 Å². The Bertz CT molecular complexity index is 566. The minimum Gasteiger partial charge on any atom is -0.353 e. The van der Waals surface area contributed by atoms with E-state index in [0.717, 1.165) is 24.9 Å². The molecule has 2 amide bonds. The van der Waals surface area contributed by atoms with E-state index in [1.165, 1.54) is 5.56 Å². The summed E-state index contributed by atoms with van der Waals surface area (Å²) in [5, 5.41) is 2.93. The topological polar surface area (TPSA) is 49.4 Å². The zero-order chi connectivity index (χ0) is 16.3. The monoisotopic (exact) mass is 302 g/mol. The fourth-order valence-corrected chi connectivity index (χ4v) is 2.69. The van der Waals surface area contributed by atoms with E-state index < -0.39 is 5.41 Å². The fraction of sp³-hybridized carbons (Fsp3) is 0.556. The molecular formula is C18H26N2O2. The molecule has 1 aliphatic rings. The highest BCUT2D eigenvalue weighted by Gasteiger charge is 2.40. The van der Waals surface area contributed by atoms with Crippen LogP contribution in [-0.2, 0) is 16.0 Å². The maximum Gasteiger partial charge on any atom is 0.242 e. The standard InChI is InChI=1S/C18H26N2O2/c1-5-13(2)19-16(21)18(3,4)17(22)20-12-8-10-14-9-6-7-11-15(14)20/h6-7,9,11,13H,5,8,10,12H2,1-4H3,(H,19,21). The van der Waals surface area contributed by atoms with Crippen molar-refractivity contribution in [3.05, 3.63) is 29.8 Å². The second kappa shape index (κ2) is 6.51. The molecule has 0 aromatic heterocycles. The Balaban J connectivity index is 2.22. The molecule has 1 aliphatic heterocycles. The van der Waals surface area contributed by atoms with Gasteiger partial charge in [-0.05, 0) is 51.7 Å². The van der Waals surface area contributed by atoms with Gasteiger partial charge in [0.05, 0.1) is 0 Å². The van der Waals surface area contributed by atoms with Crippen molar-refractivity contribution >= 4 is 17.5 Å². The molecule has 0 spiro atoms. The van der Waals surface area contributed by atoms with Crippen LogP contribution in [0.2, 0.25) is 0 Å². The van der Waals surface area contributed by atoms with E-state index in [1.54, 1.807) is 18.7 Å². The van der Waals surface area contributed by atoms with Crippen molar-refractivity contribution in [2.45, 2.75) is 53.0 Å². The lowest BCUT2D eigenvalue weighted by Crippen LogP contribution is -2.52. The predicted octanol–water partition coefficient (Wildman–Crippen LogP) is 2.91. The average molecular weight is 302 g/mol. The molecule has 1 unspecified atom stereocenters.